The number of nitrogens with zero attached hydrogens (tertiary/aromatic N) is 3. The van der Waals surface area contributed by atoms with Gasteiger partial charge in [-0.05, 0) is 90.8 Å². The number of hydrogen-bond donors (Lipinski definition) is 0. The maximum absolute atomic E-state index is 14.6. The van der Waals surface area contributed by atoms with E-state index >= 15 is 0 Å². The number of rotatable bonds is 4. The Balaban J connectivity index is 1.40. The van der Waals surface area contributed by atoms with Crippen molar-refractivity contribution in [2.24, 2.45) is 0 Å². The molecule has 7 aromatic carbocycles. The Morgan fingerprint density at radius 3 is 1.53 bits per heavy atom. The average molecular weight is 804 g/mol. The van der Waals surface area contributed by atoms with Gasteiger partial charge in [-0.1, -0.05) is 72.3 Å². The summed E-state index contributed by atoms with van der Waals surface area (Å²) in [5.41, 5.74) is 0.899. The van der Waals surface area contributed by atoms with Crippen molar-refractivity contribution in [1.29, 1.82) is 5.26 Å². The summed E-state index contributed by atoms with van der Waals surface area (Å²) in [6, 6.07) is 36.5. The number of benzene rings is 7. The summed E-state index contributed by atoms with van der Waals surface area (Å²) in [4.78, 5) is 0. The molecule has 59 heavy (non-hydrogen) atoms. The molecule has 0 N–H and O–H groups in total. The third-order valence-electron chi connectivity index (χ3n) is 10.7. The Hall–Kier alpha value is -7.00. The van der Waals surface area contributed by atoms with Gasteiger partial charge < -0.3 is 9.13 Å². The van der Waals surface area contributed by atoms with E-state index in [-0.39, 0.29) is 17.2 Å². The highest BCUT2D eigenvalue weighted by molar-refractivity contribution is 6.12. The molecule has 9 rings (SSSR count). The van der Waals surface area contributed by atoms with E-state index in [1.54, 1.807) is 53.1 Å². The summed E-state index contributed by atoms with van der Waals surface area (Å²) < 4.78 is 131. The summed E-state index contributed by atoms with van der Waals surface area (Å²) in [5.74, 6) is 0. The van der Waals surface area contributed by atoms with E-state index in [0.29, 0.717) is 61.4 Å². The van der Waals surface area contributed by atoms with Crippen molar-refractivity contribution in [3.63, 3.8) is 0 Å². The van der Waals surface area contributed by atoms with E-state index < -0.39 is 40.8 Å². The zero-order chi connectivity index (χ0) is 41.6. The molecule has 0 spiro atoms. The van der Waals surface area contributed by atoms with Crippen molar-refractivity contribution in [2.45, 2.75) is 25.5 Å². The standard InChI is InChI=1S/C47H26F9N3/c1-26-10-18-41-36(20-26)32-6-2-4-8-39(32)59(41)44-22-28(31-17-13-30(46(51,52)53)24-38(31)47(54,55)56)12-16-35(44)34-15-11-27(25-57)21-43(34)58-40-9-5-3-7-33(40)37-23-29(45(48,49)50)14-19-42(37)58/h2-24H,1H3. The minimum Gasteiger partial charge on any atom is -0.309 e. The first kappa shape index (κ1) is 37.6. The van der Waals surface area contributed by atoms with Crippen LogP contribution in [-0.2, 0) is 18.5 Å². The first-order valence-electron chi connectivity index (χ1n) is 18.1. The van der Waals surface area contributed by atoms with Crippen LogP contribution in [0.15, 0.2) is 140 Å². The van der Waals surface area contributed by atoms with Crippen molar-refractivity contribution < 1.29 is 39.5 Å². The Kier molecular flexibility index (Phi) is 8.45. The van der Waals surface area contributed by atoms with Crippen LogP contribution < -0.4 is 0 Å². The van der Waals surface area contributed by atoms with Gasteiger partial charge in [-0.3, -0.25) is 0 Å². The molecule has 3 nitrogen and oxygen atoms in total. The fourth-order valence-electron chi connectivity index (χ4n) is 8.09. The highest BCUT2D eigenvalue weighted by Crippen LogP contribution is 2.46. The lowest BCUT2D eigenvalue weighted by atomic mass is 9.92. The van der Waals surface area contributed by atoms with Crippen LogP contribution in [0.25, 0.3) is 77.2 Å². The van der Waals surface area contributed by atoms with Crippen LogP contribution in [0, 0.1) is 18.3 Å². The Labute approximate surface area is 329 Å². The highest BCUT2D eigenvalue weighted by Gasteiger charge is 2.39. The third kappa shape index (κ3) is 6.25. The lowest BCUT2D eigenvalue weighted by molar-refractivity contribution is -0.143. The summed E-state index contributed by atoms with van der Waals surface area (Å²) in [6.45, 7) is 1.92. The van der Waals surface area contributed by atoms with Crippen LogP contribution in [0.5, 0.6) is 0 Å². The average Bonchev–Trinajstić information content (AvgIpc) is 3.71. The van der Waals surface area contributed by atoms with Crippen LogP contribution in [0.2, 0.25) is 0 Å². The molecule has 0 aliphatic rings. The number of alkyl halides is 9. The van der Waals surface area contributed by atoms with Crippen LogP contribution >= 0.6 is 0 Å². The van der Waals surface area contributed by atoms with Gasteiger partial charge in [0.15, 0.2) is 0 Å². The van der Waals surface area contributed by atoms with Crippen LogP contribution in [0.1, 0.15) is 27.8 Å². The summed E-state index contributed by atoms with van der Waals surface area (Å²) in [7, 11) is 0. The van der Waals surface area contributed by atoms with Crippen LogP contribution in [0.3, 0.4) is 0 Å². The molecule has 2 heterocycles. The van der Waals surface area contributed by atoms with E-state index in [9.17, 15) is 44.8 Å². The second-order valence-electron chi connectivity index (χ2n) is 14.3. The number of aromatic nitrogens is 2. The van der Waals surface area contributed by atoms with E-state index in [1.807, 2.05) is 54.0 Å². The molecule has 0 fully saturated rings. The van der Waals surface area contributed by atoms with Gasteiger partial charge in [0, 0.05) is 32.7 Å². The third-order valence-corrected chi connectivity index (χ3v) is 10.7. The van der Waals surface area contributed by atoms with E-state index in [2.05, 4.69) is 6.07 Å². The van der Waals surface area contributed by atoms with Gasteiger partial charge in [0.2, 0.25) is 0 Å². The highest BCUT2D eigenvalue weighted by atomic mass is 19.4. The predicted molar refractivity (Wildman–Crippen MR) is 210 cm³/mol. The van der Waals surface area contributed by atoms with Gasteiger partial charge in [-0.25, -0.2) is 0 Å². The topological polar surface area (TPSA) is 33.6 Å². The van der Waals surface area contributed by atoms with Gasteiger partial charge in [-0.2, -0.15) is 44.8 Å². The summed E-state index contributed by atoms with van der Waals surface area (Å²) >= 11 is 0. The van der Waals surface area contributed by atoms with Crippen LogP contribution in [0.4, 0.5) is 39.5 Å². The molecule has 0 bridgehead atoms. The number of halogens is 9. The molecule has 2 aromatic heterocycles. The number of aryl methyl sites for hydroxylation is 1. The smallest absolute Gasteiger partial charge is 0.309 e. The molecule has 0 aliphatic carbocycles. The first-order chi connectivity index (χ1) is 28.0. The molecule has 292 valence electrons. The molecule has 9 aromatic rings. The fraction of sp³-hybridized carbons (Fsp3) is 0.0851. The van der Waals surface area contributed by atoms with E-state index in [0.717, 1.165) is 34.5 Å². The zero-order valence-electron chi connectivity index (χ0n) is 30.5. The molecule has 0 saturated heterocycles. The lowest BCUT2D eigenvalue weighted by Gasteiger charge is -2.21. The minimum absolute atomic E-state index is 0.0189. The number of fused-ring (bicyclic) bond motifs is 6. The Morgan fingerprint density at radius 2 is 0.932 bits per heavy atom. The second kappa shape index (κ2) is 13.3. The maximum Gasteiger partial charge on any atom is 0.417 e. The van der Waals surface area contributed by atoms with Gasteiger partial charge in [0.25, 0.3) is 0 Å². The fourth-order valence-corrected chi connectivity index (χ4v) is 8.09. The quantitative estimate of drug-likeness (QED) is 0.163. The molecule has 0 saturated carbocycles. The Morgan fingerprint density at radius 1 is 0.441 bits per heavy atom. The molecule has 0 radical (unpaired) electrons. The number of para-hydroxylation sites is 2. The number of nitriles is 1. The molecule has 0 aliphatic heterocycles. The maximum atomic E-state index is 14.6. The van der Waals surface area contributed by atoms with Gasteiger partial charge in [0.05, 0.1) is 61.8 Å². The van der Waals surface area contributed by atoms with Gasteiger partial charge in [-0.15, -0.1) is 0 Å². The van der Waals surface area contributed by atoms with E-state index in [4.69, 9.17) is 0 Å². The molecule has 0 amide bonds. The molecule has 0 unspecified atom stereocenters. The molecular weight excluding hydrogens is 778 g/mol. The molecule has 12 heteroatoms. The predicted octanol–water partition coefficient (Wildman–Crippen LogP) is 14.5. The van der Waals surface area contributed by atoms with Gasteiger partial charge >= 0.3 is 18.5 Å². The molecular formula is C47H26F9N3. The second-order valence-corrected chi connectivity index (χ2v) is 14.3. The van der Waals surface area contributed by atoms with Crippen molar-refractivity contribution in [3.8, 4) is 39.7 Å². The SMILES string of the molecule is Cc1ccc2c(c1)c1ccccc1n2-c1cc(-c2ccc(C(F)(F)F)cc2C(F)(F)F)ccc1-c1ccc(C#N)cc1-n1c2ccccc2c2cc(C(F)(F)F)ccc21. The largest absolute Gasteiger partial charge is 0.417 e. The van der Waals surface area contributed by atoms with Crippen molar-refractivity contribution >= 4 is 43.6 Å². The lowest BCUT2D eigenvalue weighted by Crippen LogP contribution is -2.12. The summed E-state index contributed by atoms with van der Waals surface area (Å²) in [6.07, 6.45) is -14.8. The van der Waals surface area contributed by atoms with Crippen molar-refractivity contribution in [1.82, 2.24) is 9.13 Å². The monoisotopic (exact) mass is 803 g/mol. The normalized spacial score (nSPS) is 12.6. The van der Waals surface area contributed by atoms with Gasteiger partial charge in [0.1, 0.15) is 0 Å². The number of hydrogen-bond acceptors (Lipinski definition) is 1. The summed E-state index contributed by atoms with van der Waals surface area (Å²) in [5, 5.41) is 12.6. The first-order valence-corrected chi connectivity index (χ1v) is 18.1. The molecule has 0 atom stereocenters. The minimum atomic E-state index is -5.15. The van der Waals surface area contributed by atoms with Crippen molar-refractivity contribution in [3.05, 3.63) is 167 Å². The Bertz CT molecular complexity index is 3210. The van der Waals surface area contributed by atoms with E-state index in [1.165, 1.54) is 18.2 Å². The zero-order valence-corrected chi connectivity index (χ0v) is 30.5. The van der Waals surface area contributed by atoms with Crippen LogP contribution in [-0.4, -0.2) is 9.13 Å². The van der Waals surface area contributed by atoms with Crippen molar-refractivity contribution in [2.75, 3.05) is 0 Å².